The summed E-state index contributed by atoms with van der Waals surface area (Å²) < 4.78 is 6.97. The third-order valence-electron chi connectivity index (χ3n) is 3.19. The first-order valence-corrected chi connectivity index (χ1v) is 7.06. The van der Waals surface area contributed by atoms with E-state index in [1.165, 1.54) is 0 Å². The Balaban J connectivity index is 1.89. The molecule has 112 valence electrons. The van der Waals surface area contributed by atoms with Gasteiger partial charge in [-0.3, -0.25) is 0 Å². The van der Waals surface area contributed by atoms with Crippen molar-refractivity contribution >= 4 is 17.9 Å². The van der Waals surface area contributed by atoms with Gasteiger partial charge in [0, 0.05) is 17.2 Å². The number of hydrogen-bond donors (Lipinski definition) is 0. The number of para-hydroxylation sites is 1. The van der Waals surface area contributed by atoms with Crippen LogP contribution in [-0.2, 0) is 9.53 Å². The molecule has 0 amide bonds. The minimum Gasteiger partial charge on any atom is -0.406 e. The number of aliphatic imine (C=N–C) groups is 1. The maximum atomic E-state index is 11.9. The summed E-state index contributed by atoms with van der Waals surface area (Å²) >= 11 is 0. The number of cyclic esters (lactones) is 1. The molecular weight excluding hydrogens is 278 g/mol. The largest absolute Gasteiger partial charge is 0.406 e. The summed E-state index contributed by atoms with van der Waals surface area (Å²) in [5, 5.41) is 4.29. The Bertz CT molecular complexity index is 765. The molecule has 0 bridgehead atoms. The fourth-order valence-electron chi connectivity index (χ4n) is 2.02. The van der Waals surface area contributed by atoms with Crippen molar-refractivity contribution in [2.75, 3.05) is 0 Å². The minimum absolute atomic E-state index is 0.292. The molecule has 0 saturated carbocycles. The lowest BCUT2D eigenvalue weighted by atomic mass is 9.97. The third-order valence-corrected chi connectivity index (χ3v) is 3.19. The number of benzene rings is 1. The summed E-state index contributed by atoms with van der Waals surface area (Å²) in [7, 11) is 0. The zero-order valence-electron chi connectivity index (χ0n) is 12.8. The van der Waals surface area contributed by atoms with Crippen molar-refractivity contribution in [3.05, 3.63) is 54.0 Å². The van der Waals surface area contributed by atoms with E-state index in [-0.39, 0.29) is 5.41 Å². The molecule has 22 heavy (non-hydrogen) atoms. The Morgan fingerprint density at radius 3 is 2.55 bits per heavy atom. The van der Waals surface area contributed by atoms with Crippen molar-refractivity contribution in [1.82, 2.24) is 9.78 Å². The van der Waals surface area contributed by atoms with Gasteiger partial charge in [-0.05, 0) is 18.2 Å². The number of ether oxygens (including phenoxy) is 1. The maximum absolute atomic E-state index is 11.9. The molecule has 0 unspecified atom stereocenters. The number of esters is 1. The van der Waals surface area contributed by atoms with E-state index in [9.17, 15) is 4.79 Å². The van der Waals surface area contributed by atoms with Gasteiger partial charge >= 0.3 is 5.97 Å². The van der Waals surface area contributed by atoms with Crippen molar-refractivity contribution in [3.8, 4) is 5.69 Å². The Kier molecular flexibility index (Phi) is 3.41. The van der Waals surface area contributed by atoms with Gasteiger partial charge in [0.05, 0.1) is 11.9 Å². The molecule has 1 aliphatic heterocycles. The highest BCUT2D eigenvalue weighted by molar-refractivity contribution is 6.08. The van der Waals surface area contributed by atoms with E-state index in [0.29, 0.717) is 11.6 Å². The zero-order valence-corrected chi connectivity index (χ0v) is 12.8. The van der Waals surface area contributed by atoms with Crippen LogP contribution in [0, 0.1) is 5.41 Å². The average molecular weight is 295 g/mol. The average Bonchev–Trinajstić information content (AvgIpc) is 3.08. The first-order valence-electron chi connectivity index (χ1n) is 7.06. The lowest BCUT2D eigenvalue weighted by Gasteiger charge is -2.15. The number of nitrogens with zero attached hydrogens (tertiary/aromatic N) is 3. The fourth-order valence-corrected chi connectivity index (χ4v) is 2.02. The second kappa shape index (κ2) is 5.26. The van der Waals surface area contributed by atoms with Gasteiger partial charge in [0.2, 0.25) is 5.90 Å². The number of aromatic nitrogens is 2. The molecule has 0 N–H and O–H groups in total. The zero-order chi connectivity index (χ0) is 15.7. The molecule has 1 aliphatic rings. The van der Waals surface area contributed by atoms with Crippen LogP contribution in [0.2, 0.25) is 0 Å². The lowest BCUT2D eigenvalue weighted by Crippen LogP contribution is -2.21. The minimum atomic E-state index is -0.419. The number of rotatable bonds is 2. The van der Waals surface area contributed by atoms with Gasteiger partial charge in [-0.1, -0.05) is 39.0 Å². The van der Waals surface area contributed by atoms with Crippen LogP contribution < -0.4 is 0 Å². The summed E-state index contributed by atoms with van der Waals surface area (Å²) in [6, 6.07) is 9.77. The number of hydrogen-bond acceptors (Lipinski definition) is 4. The molecule has 0 fully saturated rings. The summed E-state index contributed by atoms with van der Waals surface area (Å²) in [5.41, 5.74) is 1.77. The highest BCUT2D eigenvalue weighted by atomic mass is 16.6. The van der Waals surface area contributed by atoms with Crippen LogP contribution in [0.15, 0.2) is 53.4 Å². The van der Waals surface area contributed by atoms with Gasteiger partial charge in [0.1, 0.15) is 0 Å². The Hall–Kier alpha value is -2.69. The highest BCUT2D eigenvalue weighted by Crippen LogP contribution is 2.25. The van der Waals surface area contributed by atoms with Crippen molar-refractivity contribution in [2.24, 2.45) is 10.4 Å². The molecule has 1 aromatic carbocycles. The van der Waals surface area contributed by atoms with Crippen LogP contribution in [0.25, 0.3) is 11.8 Å². The van der Waals surface area contributed by atoms with E-state index in [1.807, 2.05) is 57.3 Å². The summed E-state index contributed by atoms with van der Waals surface area (Å²) in [6.07, 6.45) is 5.23. The van der Waals surface area contributed by atoms with Gasteiger partial charge < -0.3 is 4.74 Å². The third kappa shape index (κ3) is 2.83. The van der Waals surface area contributed by atoms with E-state index >= 15 is 0 Å². The molecular formula is C17H17N3O2. The van der Waals surface area contributed by atoms with Gasteiger partial charge in [0.25, 0.3) is 0 Å². The predicted molar refractivity (Wildman–Crippen MR) is 84.5 cm³/mol. The second-order valence-electron chi connectivity index (χ2n) is 6.14. The molecule has 0 radical (unpaired) electrons. The fraction of sp³-hybridized carbons (Fsp3) is 0.235. The van der Waals surface area contributed by atoms with Gasteiger partial charge in [0.15, 0.2) is 5.70 Å². The lowest BCUT2D eigenvalue weighted by molar-refractivity contribution is -0.130. The van der Waals surface area contributed by atoms with Crippen LogP contribution in [0.3, 0.4) is 0 Å². The maximum Gasteiger partial charge on any atom is 0.363 e. The van der Waals surface area contributed by atoms with Gasteiger partial charge in [-0.2, -0.15) is 5.10 Å². The highest BCUT2D eigenvalue weighted by Gasteiger charge is 2.31. The standard InChI is InChI=1S/C17H17N3O2/c1-17(2,3)16-19-14(15(21)22-16)9-12-10-18-20(11-12)13-7-5-4-6-8-13/h4-11H,1-3H3. The molecule has 0 saturated heterocycles. The second-order valence-corrected chi connectivity index (χ2v) is 6.14. The van der Waals surface area contributed by atoms with Crippen molar-refractivity contribution < 1.29 is 9.53 Å². The first-order chi connectivity index (χ1) is 10.4. The Labute approximate surface area is 128 Å². The molecule has 2 aromatic rings. The number of carbonyl (C=O) groups excluding carboxylic acids is 1. The van der Waals surface area contributed by atoms with E-state index in [0.717, 1.165) is 11.3 Å². The molecule has 1 aromatic heterocycles. The molecule has 0 atom stereocenters. The van der Waals surface area contributed by atoms with Crippen molar-refractivity contribution in [3.63, 3.8) is 0 Å². The first kappa shape index (κ1) is 14.3. The SMILES string of the molecule is CC(C)(C)C1=NC(=Cc2cnn(-c3ccccc3)c2)C(=O)O1. The van der Waals surface area contributed by atoms with E-state index in [4.69, 9.17) is 4.74 Å². The summed E-state index contributed by atoms with van der Waals surface area (Å²) in [5.74, 6) is 0.0246. The molecule has 0 spiro atoms. The van der Waals surface area contributed by atoms with Crippen LogP contribution in [0.4, 0.5) is 0 Å². The molecule has 2 heterocycles. The Morgan fingerprint density at radius 2 is 1.91 bits per heavy atom. The smallest absolute Gasteiger partial charge is 0.363 e. The van der Waals surface area contributed by atoms with E-state index in [2.05, 4.69) is 10.1 Å². The van der Waals surface area contributed by atoms with Crippen molar-refractivity contribution in [1.29, 1.82) is 0 Å². The van der Waals surface area contributed by atoms with E-state index < -0.39 is 5.97 Å². The summed E-state index contributed by atoms with van der Waals surface area (Å²) in [6.45, 7) is 5.86. The normalized spacial score (nSPS) is 16.8. The van der Waals surface area contributed by atoms with Crippen LogP contribution in [0.1, 0.15) is 26.3 Å². The van der Waals surface area contributed by atoms with E-state index in [1.54, 1.807) is 17.0 Å². The quantitative estimate of drug-likeness (QED) is 0.631. The molecule has 5 nitrogen and oxygen atoms in total. The molecule has 0 aliphatic carbocycles. The van der Waals surface area contributed by atoms with Gasteiger partial charge in [-0.25, -0.2) is 14.5 Å². The predicted octanol–water partition coefficient (Wildman–Crippen LogP) is 3.21. The number of carbonyl (C=O) groups is 1. The van der Waals surface area contributed by atoms with Gasteiger partial charge in [-0.15, -0.1) is 0 Å². The van der Waals surface area contributed by atoms with Crippen molar-refractivity contribution in [2.45, 2.75) is 20.8 Å². The monoisotopic (exact) mass is 295 g/mol. The molecule has 5 heteroatoms. The van der Waals surface area contributed by atoms with Crippen LogP contribution in [-0.4, -0.2) is 21.6 Å². The Morgan fingerprint density at radius 1 is 1.18 bits per heavy atom. The topological polar surface area (TPSA) is 56.5 Å². The summed E-state index contributed by atoms with van der Waals surface area (Å²) in [4.78, 5) is 16.2. The van der Waals surface area contributed by atoms with Crippen LogP contribution in [0.5, 0.6) is 0 Å². The van der Waals surface area contributed by atoms with Crippen LogP contribution >= 0.6 is 0 Å². The molecule has 3 rings (SSSR count).